The number of aromatic nitrogens is 2. The molecule has 1 fully saturated rings. The van der Waals surface area contributed by atoms with Crippen molar-refractivity contribution in [2.45, 2.75) is 36.6 Å². The van der Waals surface area contributed by atoms with Gasteiger partial charge in [-0.05, 0) is 41.5 Å². The van der Waals surface area contributed by atoms with Crippen LogP contribution in [0.4, 0.5) is 5.69 Å². The summed E-state index contributed by atoms with van der Waals surface area (Å²) in [6.45, 7) is -0.0272. The molecule has 194 valence electrons. The number of anilines is 1. The van der Waals surface area contributed by atoms with E-state index >= 15 is 0 Å². The molecule has 2 N–H and O–H groups in total. The smallest absolute Gasteiger partial charge is 0.257 e. The summed E-state index contributed by atoms with van der Waals surface area (Å²) in [4.78, 5) is 16.6. The van der Waals surface area contributed by atoms with Crippen molar-refractivity contribution in [3.8, 4) is 0 Å². The molecule has 3 atom stereocenters. The van der Waals surface area contributed by atoms with Gasteiger partial charge < -0.3 is 25.1 Å². The van der Waals surface area contributed by atoms with Gasteiger partial charge in [0.15, 0.2) is 12.5 Å². The molecule has 0 unspecified atom stereocenters. The summed E-state index contributed by atoms with van der Waals surface area (Å²) < 4.78 is 13.6. The normalized spacial score (nSPS) is 19.1. The molecule has 4 aromatic rings. The fraction of sp³-hybridized carbons (Fsp3) is 0.207. The molecule has 1 amide bonds. The molecule has 3 heterocycles. The third-order valence-electron chi connectivity index (χ3n) is 6.16. The number of carbonyl (C=O) groups excluding carboxylic acids is 1. The number of ether oxygens (including phenoxy) is 2. The number of nitrogens with zero attached hydrogens (tertiary/aromatic N) is 2. The van der Waals surface area contributed by atoms with Crippen LogP contribution in [0, 0.1) is 5.21 Å². The first-order valence-electron chi connectivity index (χ1n) is 12.2. The van der Waals surface area contributed by atoms with Gasteiger partial charge in [-0.25, -0.2) is 0 Å². The molecule has 0 aliphatic carbocycles. The van der Waals surface area contributed by atoms with Gasteiger partial charge in [-0.1, -0.05) is 48.2 Å². The molecule has 0 bridgehead atoms. The van der Waals surface area contributed by atoms with Gasteiger partial charge in [-0.3, -0.25) is 9.78 Å². The predicted molar refractivity (Wildman–Crippen MR) is 143 cm³/mol. The Bertz CT molecular complexity index is 1370. The van der Waals surface area contributed by atoms with Crippen molar-refractivity contribution < 1.29 is 24.1 Å². The van der Waals surface area contributed by atoms with Crippen molar-refractivity contribution in [1.82, 2.24) is 4.98 Å². The molecule has 1 aliphatic rings. The lowest BCUT2D eigenvalue weighted by Crippen LogP contribution is -2.32. The lowest BCUT2D eigenvalue weighted by atomic mass is 10.0. The molecular formula is C29H27N3O5S. The minimum atomic E-state index is -0.678. The molecule has 38 heavy (non-hydrogen) atoms. The second-order valence-electron chi connectivity index (χ2n) is 8.85. The molecule has 0 spiro atoms. The Balaban J connectivity index is 1.36. The zero-order valence-electron chi connectivity index (χ0n) is 20.5. The average Bonchev–Trinajstić information content (AvgIpc) is 2.97. The van der Waals surface area contributed by atoms with Gasteiger partial charge in [0, 0.05) is 48.0 Å². The number of aliphatic hydroxyl groups is 1. The largest absolute Gasteiger partial charge is 0.618 e. The van der Waals surface area contributed by atoms with Gasteiger partial charge in [0.1, 0.15) is 0 Å². The molecule has 2 aromatic carbocycles. The Hall–Kier alpha value is -3.76. The maximum Gasteiger partial charge on any atom is 0.257 e. The molecule has 2 aromatic heterocycles. The lowest BCUT2D eigenvalue weighted by Gasteiger charge is -2.36. The predicted octanol–water partition coefficient (Wildman–Crippen LogP) is 4.80. The SMILES string of the molecule is O=C(Nc1cccc([C@H]2O[C@@H](CSc3cccc[n+]3[O-])C[C@@H](c3ccc(CO)cc3)O2)c1)c1cccnc1. The highest BCUT2D eigenvalue weighted by Gasteiger charge is 2.33. The van der Waals surface area contributed by atoms with Crippen molar-refractivity contribution in [3.05, 3.63) is 125 Å². The highest BCUT2D eigenvalue weighted by atomic mass is 32.2. The van der Waals surface area contributed by atoms with E-state index in [1.54, 1.807) is 36.5 Å². The van der Waals surface area contributed by atoms with Crippen molar-refractivity contribution in [1.29, 1.82) is 0 Å². The number of aliphatic hydroxyl groups excluding tert-OH is 1. The van der Waals surface area contributed by atoms with E-state index in [9.17, 15) is 15.1 Å². The number of carbonyl (C=O) groups is 1. The number of rotatable bonds is 8. The van der Waals surface area contributed by atoms with Crippen LogP contribution in [-0.2, 0) is 16.1 Å². The summed E-state index contributed by atoms with van der Waals surface area (Å²) in [5.41, 5.74) is 3.64. The Morgan fingerprint density at radius 2 is 1.92 bits per heavy atom. The van der Waals surface area contributed by atoms with Gasteiger partial charge in [0.25, 0.3) is 10.9 Å². The van der Waals surface area contributed by atoms with E-state index in [4.69, 9.17) is 9.47 Å². The minimum absolute atomic E-state index is 0.0272. The Morgan fingerprint density at radius 3 is 2.68 bits per heavy atom. The van der Waals surface area contributed by atoms with Gasteiger partial charge in [-0.15, -0.1) is 0 Å². The maximum atomic E-state index is 12.6. The van der Waals surface area contributed by atoms with Crippen molar-refractivity contribution in [2.75, 3.05) is 11.1 Å². The first-order chi connectivity index (χ1) is 18.6. The van der Waals surface area contributed by atoms with E-state index in [-0.39, 0.29) is 24.7 Å². The van der Waals surface area contributed by atoms with Crippen LogP contribution >= 0.6 is 11.8 Å². The fourth-order valence-corrected chi connectivity index (χ4v) is 5.12. The second kappa shape index (κ2) is 12.2. The van der Waals surface area contributed by atoms with E-state index in [1.807, 2.05) is 48.5 Å². The number of hydrogen-bond acceptors (Lipinski definition) is 7. The molecule has 8 nitrogen and oxygen atoms in total. The number of nitrogens with one attached hydrogen (secondary N) is 1. The molecule has 1 saturated heterocycles. The minimum Gasteiger partial charge on any atom is -0.618 e. The van der Waals surface area contributed by atoms with Crippen LogP contribution in [0.15, 0.2) is 102 Å². The van der Waals surface area contributed by atoms with E-state index in [2.05, 4.69) is 10.3 Å². The third kappa shape index (κ3) is 6.38. The van der Waals surface area contributed by atoms with E-state index in [1.165, 1.54) is 24.2 Å². The van der Waals surface area contributed by atoms with Crippen molar-refractivity contribution >= 4 is 23.4 Å². The first kappa shape index (κ1) is 25.9. The van der Waals surface area contributed by atoms with Crippen molar-refractivity contribution in [3.63, 3.8) is 0 Å². The van der Waals surface area contributed by atoms with Crippen LogP contribution < -0.4 is 10.0 Å². The highest BCUT2D eigenvalue weighted by Crippen LogP contribution is 2.39. The monoisotopic (exact) mass is 529 g/mol. The van der Waals surface area contributed by atoms with Crippen LogP contribution in [0.25, 0.3) is 0 Å². The number of hydrogen-bond donors (Lipinski definition) is 2. The Kier molecular flexibility index (Phi) is 8.30. The Morgan fingerprint density at radius 1 is 1.05 bits per heavy atom. The summed E-state index contributed by atoms with van der Waals surface area (Å²) in [5, 5.41) is 25.0. The molecule has 9 heteroatoms. The number of benzene rings is 2. The van der Waals surface area contributed by atoms with Crippen LogP contribution in [0.3, 0.4) is 0 Å². The van der Waals surface area contributed by atoms with Crippen LogP contribution in [-0.4, -0.2) is 27.9 Å². The average molecular weight is 530 g/mol. The van der Waals surface area contributed by atoms with Gasteiger partial charge in [0.05, 0.1) is 24.4 Å². The van der Waals surface area contributed by atoms with Gasteiger partial charge >= 0.3 is 0 Å². The highest BCUT2D eigenvalue weighted by molar-refractivity contribution is 7.99. The summed E-state index contributed by atoms with van der Waals surface area (Å²) in [6.07, 6.45) is 4.08. The molecule has 0 saturated carbocycles. The third-order valence-corrected chi connectivity index (χ3v) is 7.31. The summed E-state index contributed by atoms with van der Waals surface area (Å²) >= 11 is 1.44. The van der Waals surface area contributed by atoms with Gasteiger partial charge in [0.2, 0.25) is 0 Å². The first-order valence-corrected chi connectivity index (χ1v) is 13.2. The van der Waals surface area contributed by atoms with Crippen molar-refractivity contribution in [2.24, 2.45) is 0 Å². The zero-order chi connectivity index (χ0) is 26.3. The lowest BCUT2D eigenvalue weighted by molar-refractivity contribution is -0.645. The topological polar surface area (TPSA) is 108 Å². The van der Waals surface area contributed by atoms with E-state index < -0.39 is 6.29 Å². The number of pyridine rings is 2. The summed E-state index contributed by atoms with van der Waals surface area (Å²) in [7, 11) is 0. The Labute approximate surface area is 224 Å². The zero-order valence-corrected chi connectivity index (χ0v) is 21.3. The second-order valence-corrected chi connectivity index (χ2v) is 9.89. The van der Waals surface area contributed by atoms with Crippen LogP contribution in [0.5, 0.6) is 0 Å². The summed E-state index contributed by atoms with van der Waals surface area (Å²) in [6, 6.07) is 23.8. The van der Waals surface area contributed by atoms with E-state index in [0.29, 0.717) is 28.5 Å². The van der Waals surface area contributed by atoms with Crippen LogP contribution in [0.2, 0.25) is 0 Å². The number of amides is 1. The molecule has 1 aliphatic heterocycles. The molecular weight excluding hydrogens is 502 g/mol. The quantitative estimate of drug-likeness (QED) is 0.192. The maximum absolute atomic E-state index is 12.6. The van der Waals surface area contributed by atoms with E-state index in [0.717, 1.165) is 21.4 Å². The fourth-order valence-electron chi connectivity index (χ4n) is 4.19. The van der Waals surface area contributed by atoms with Crippen LogP contribution in [0.1, 0.15) is 45.9 Å². The molecule has 5 rings (SSSR count). The van der Waals surface area contributed by atoms with Gasteiger partial charge in [-0.2, -0.15) is 4.73 Å². The standard InChI is InChI=1S/C29H27N3O5S/c33-18-20-9-11-21(12-10-20)26-16-25(19-38-27-8-1-2-14-32(27)35)36-29(37-26)22-5-3-7-24(15-22)31-28(34)23-6-4-13-30-17-23/h1-15,17,25-26,29,33H,16,18-19H2,(H,31,34)/t25-,26+,29+/m1/s1. The summed E-state index contributed by atoms with van der Waals surface area (Å²) in [5.74, 6) is 0.306. The number of thioether (sulfide) groups is 1. The molecule has 0 radical (unpaired) electrons.